The first-order valence-corrected chi connectivity index (χ1v) is 7.66. The van der Waals surface area contributed by atoms with Crippen molar-refractivity contribution < 1.29 is 14.3 Å². The Bertz CT molecular complexity index is 675. The molecule has 1 saturated heterocycles. The molecule has 3 rings (SSSR count). The molecule has 2 atom stereocenters. The average Bonchev–Trinajstić information content (AvgIpc) is 2.62. The first kappa shape index (κ1) is 15.5. The second-order valence-corrected chi connectivity index (χ2v) is 5.62. The number of rotatable bonds is 3. The van der Waals surface area contributed by atoms with E-state index in [1.807, 2.05) is 42.2 Å². The Morgan fingerprint density at radius 2 is 2.09 bits per heavy atom. The minimum atomic E-state index is -0.109. The van der Waals surface area contributed by atoms with Crippen LogP contribution >= 0.6 is 0 Å². The number of morpholine rings is 1. The van der Waals surface area contributed by atoms with Gasteiger partial charge in [0.2, 0.25) is 0 Å². The lowest BCUT2D eigenvalue weighted by atomic mass is 10.1. The van der Waals surface area contributed by atoms with Gasteiger partial charge in [-0.2, -0.15) is 0 Å². The smallest absolute Gasteiger partial charge is 0.273 e. The Hall–Kier alpha value is -2.40. The number of benzene rings is 1. The van der Waals surface area contributed by atoms with E-state index in [4.69, 9.17) is 9.47 Å². The zero-order chi connectivity index (χ0) is 16.2. The van der Waals surface area contributed by atoms with Gasteiger partial charge in [0, 0.05) is 12.3 Å². The standard InChI is InChI=1S/C18H20N2O3/c1-13-12-23-17(14-6-4-3-5-7-14)11-20(13)18(21)16-10-15(22-2)8-9-19-16/h3-10,13,17H,11-12H2,1-2H3/t13-,17+/m0/s1. The molecule has 120 valence electrons. The van der Waals surface area contributed by atoms with Crippen molar-refractivity contribution in [3.05, 3.63) is 59.9 Å². The van der Waals surface area contributed by atoms with Crippen molar-refractivity contribution in [2.75, 3.05) is 20.3 Å². The Balaban J connectivity index is 1.80. The molecular formula is C18H20N2O3. The highest BCUT2D eigenvalue weighted by molar-refractivity contribution is 5.93. The zero-order valence-electron chi connectivity index (χ0n) is 13.3. The second-order valence-electron chi connectivity index (χ2n) is 5.62. The topological polar surface area (TPSA) is 51.7 Å². The lowest BCUT2D eigenvalue weighted by Gasteiger charge is -2.38. The van der Waals surface area contributed by atoms with Crippen LogP contribution in [0.5, 0.6) is 5.75 Å². The molecule has 23 heavy (non-hydrogen) atoms. The van der Waals surface area contributed by atoms with Crippen LogP contribution < -0.4 is 4.74 Å². The number of nitrogens with zero attached hydrogens (tertiary/aromatic N) is 2. The van der Waals surface area contributed by atoms with E-state index in [-0.39, 0.29) is 18.1 Å². The van der Waals surface area contributed by atoms with Crippen LogP contribution in [-0.4, -0.2) is 42.1 Å². The molecule has 1 fully saturated rings. The van der Waals surface area contributed by atoms with Gasteiger partial charge in [-0.05, 0) is 18.6 Å². The molecule has 2 aromatic rings. The average molecular weight is 312 g/mol. The van der Waals surface area contributed by atoms with Gasteiger partial charge in [0.05, 0.1) is 26.3 Å². The van der Waals surface area contributed by atoms with Gasteiger partial charge in [-0.1, -0.05) is 30.3 Å². The number of hydrogen-bond acceptors (Lipinski definition) is 4. The first-order valence-electron chi connectivity index (χ1n) is 7.66. The van der Waals surface area contributed by atoms with Gasteiger partial charge in [0.1, 0.15) is 17.5 Å². The molecule has 0 saturated carbocycles. The summed E-state index contributed by atoms with van der Waals surface area (Å²) in [4.78, 5) is 18.8. The molecule has 0 aliphatic carbocycles. The van der Waals surface area contributed by atoms with Gasteiger partial charge in [-0.15, -0.1) is 0 Å². The van der Waals surface area contributed by atoms with E-state index in [0.29, 0.717) is 24.6 Å². The van der Waals surface area contributed by atoms with Gasteiger partial charge in [-0.25, -0.2) is 0 Å². The van der Waals surface area contributed by atoms with Crippen molar-refractivity contribution in [1.29, 1.82) is 0 Å². The summed E-state index contributed by atoms with van der Waals surface area (Å²) in [6.45, 7) is 3.01. The van der Waals surface area contributed by atoms with Crippen LogP contribution in [0.25, 0.3) is 0 Å². The molecule has 1 aliphatic heterocycles. The number of amides is 1. The lowest BCUT2D eigenvalue weighted by Crippen LogP contribution is -2.48. The SMILES string of the molecule is COc1ccnc(C(=O)N2C[C@H](c3ccccc3)OC[C@@H]2C)c1. The summed E-state index contributed by atoms with van der Waals surface area (Å²) in [5.74, 6) is 0.532. The summed E-state index contributed by atoms with van der Waals surface area (Å²) in [6, 6.07) is 13.4. The van der Waals surface area contributed by atoms with Crippen molar-refractivity contribution in [1.82, 2.24) is 9.88 Å². The van der Waals surface area contributed by atoms with Crippen molar-refractivity contribution in [2.24, 2.45) is 0 Å². The van der Waals surface area contributed by atoms with E-state index < -0.39 is 0 Å². The van der Waals surface area contributed by atoms with Crippen molar-refractivity contribution >= 4 is 5.91 Å². The number of carbonyl (C=O) groups is 1. The minimum absolute atomic E-state index is 0.00969. The number of aromatic nitrogens is 1. The van der Waals surface area contributed by atoms with Gasteiger partial charge in [0.15, 0.2) is 0 Å². The number of carbonyl (C=O) groups excluding carboxylic acids is 1. The quantitative estimate of drug-likeness (QED) is 0.874. The third-order valence-corrected chi connectivity index (χ3v) is 4.05. The third-order valence-electron chi connectivity index (χ3n) is 4.05. The van der Waals surface area contributed by atoms with Gasteiger partial charge < -0.3 is 14.4 Å². The molecule has 1 amide bonds. The van der Waals surface area contributed by atoms with E-state index in [1.165, 1.54) is 0 Å². The molecule has 0 spiro atoms. The fourth-order valence-electron chi connectivity index (χ4n) is 2.71. The molecule has 5 nitrogen and oxygen atoms in total. The zero-order valence-corrected chi connectivity index (χ0v) is 13.3. The molecule has 0 N–H and O–H groups in total. The summed E-state index contributed by atoms with van der Waals surface area (Å²) in [5, 5.41) is 0. The van der Waals surface area contributed by atoms with Crippen LogP contribution in [0.15, 0.2) is 48.7 Å². The van der Waals surface area contributed by atoms with Crippen molar-refractivity contribution in [2.45, 2.75) is 19.1 Å². The van der Waals surface area contributed by atoms with Crippen LogP contribution in [0.4, 0.5) is 0 Å². The largest absolute Gasteiger partial charge is 0.497 e. The van der Waals surface area contributed by atoms with Crippen LogP contribution in [0.1, 0.15) is 29.1 Å². The second kappa shape index (κ2) is 6.79. The Labute approximate surface area is 135 Å². The van der Waals surface area contributed by atoms with Crippen LogP contribution in [-0.2, 0) is 4.74 Å². The fraction of sp³-hybridized carbons (Fsp3) is 0.333. The predicted octanol–water partition coefficient (Wildman–Crippen LogP) is 2.69. The molecule has 1 aromatic heterocycles. The molecule has 1 aromatic carbocycles. The van der Waals surface area contributed by atoms with E-state index in [2.05, 4.69) is 4.98 Å². The van der Waals surface area contributed by atoms with Crippen LogP contribution in [0.3, 0.4) is 0 Å². The molecule has 1 aliphatic rings. The summed E-state index contributed by atoms with van der Waals surface area (Å²) in [6.07, 6.45) is 1.48. The summed E-state index contributed by atoms with van der Waals surface area (Å²) in [5.41, 5.74) is 1.47. The number of pyridine rings is 1. The lowest BCUT2D eigenvalue weighted by molar-refractivity contribution is -0.0488. The normalized spacial score (nSPS) is 21.0. The highest BCUT2D eigenvalue weighted by atomic mass is 16.5. The van der Waals surface area contributed by atoms with E-state index in [9.17, 15) is 4.79 Å². The van der Waals surface area contributed by atoms with Crippen LogP contribution in [0, 0.1) is 0 Å². The van der Waals surface area contributed by atoms with E-state index in [0.717, 1.165) is 5.56 Å². The number of hydrogen-bond donors (Lipinski definition) is 0. The Kier molecular flexibility index (Phi) is 4.57. The maximum atomic E-state index is 12.8. The van der Waals surface area contributed by atoms with Crippen molar-refractivity contribution in [3.8, 4) is 5.75 Å². The maximum Gasteiger partial charge on any atom is 0.273 e. The molecule has 5 heteroatoms. The van der Waals surface area contributed by atoms with Crippen molar-refractivity contribution in [3.63, 3.8) is 0 Å². The van der Waals surface area contributed by atoms with E-state index in [1.54, 1.807) is 25.4 Å². The van der Waals surface area contributed by atoms with Gasteiger partial charge >= 0.3 is 0 Å². The van der Waals surface area contributed by atoms with E-state index >= 15 is 0 Å². The Morgan fingerprint density at radius 1 is 1.30 bits per heavy atom. The van der Waals surface area contributed by atoms with Gasteiger partial charge in [-0.3, -0.25) is 9.78 Å². The molecular weight excluding hydrogens is 292 g/mol. The van der Waals surface area contributed by atoms with Crippen LogP contribution in [0.2, 0.25) is 0 Å². The number of methoxy groups -OCH3 is 1. The minimum Gasteiger partial charge on any atom is -0.497 e. The first-order chi connectivity index (χ1) is 11.2. The molecule has 0 radical (unpaired) electrons. The fourth-order valence-corrected chi connectivity index (χ4v) is 2.71. The Morgan fingerprint density at radius 3 is 2.83 bits per heavy atom. The maximum absolute atomic E-state index is 12.8. The molecule has 0 unspecified atom stereocenters. The summed E-state index contributed by atoms with van der Waals surface area (Å²) < 4.78 is 11.1. The third kappa shape index (κ3) is 3.35. The highest BCUT2D eigenvalue weighted by Gasteiger charge is 2.31. The highest BCUT2D eigenvalue weighted by Crippen LogP contribution is 2.26. The number of ether oxygens (including phenoxy) is 2. The van der Waals surface area contributed by atoms with Gasteiger partial charge in [0.25, 0.3) is 5.91 Å². The summed E-state index contributed by atoms with van der Waals surface area (Å²) >= 11 is 0. The summed E-state index contributed by atoms with van der Waals surface area (Å²) in [7, 11) is 1.58. The monoisotopic (exact) mass is 312 g/mol. The predicted molar refractivity (Wildman–Crippen MR) is 86.4 cm³/mol. The molecule has 2 heterocycles. The molecule has 0 bridgehead atoms.